The Hall–Kier alpha value is -0.520. The molecule has 0 aliphatic heterocycles. The van der Waals surface area contributed by atoms with Crippen molar-refractivity contribution in [3.8, 4) is 0 Å². The fourth-order valence-corrected chi connectivity index (χ4v) is 5.49. The van der Waals surface area contributed by atoms with Crippen LogP contribution < -0.4 is 5.73 Å². The molecule has 2 rings (SSSR count). The first-order valence-corrected chi connectivity index (χ1v) is 8.28. The summed E-state index contributed by atoms with van der Waals surface area (Å²) in [6.07, 6.45) is -0.432. The van der Waals surface area contributed by atoms with Gasteiger partial charge in [0.25, 0.3) is 0 Å². The SMILES string of the molecule is NC1c2ccccc2CC1(P(=O)(O)O)P(=O)(O)O. The van der Waals surface area contributed by atoms with Crippen molar-refractivity contribution >= 4 is 15.2 Å². The van der Waals surface area contributed by atoms with E-state index in [1.54, 1.807) is 18.2 Å². The van der Waals surface area contributed by atoms with Crippen LogP contribution in [0, 0.1) is 0 Å². The molecular weight excluding hydrogens is 280 g/mol. The molecule has 0 amide bonds. The van der Waals surface area contributed by atoms with Gasteiger partial charge in [0.15, 0.2) is 4.90 Å². The largest absolute Gasteiger partial charge is 0.346 e. The minimum atomic E-state index is -5.09. The van der Waals surface area contributed by atoms with Crippen molar-refractivity contribution in [2.75, 3.05) is 0 Å². The monoisotopic (exact) mass is 293 g/mol. The normalized spacial score (nSPS) is 22.8. The van der Waals surface area contributed by atoms with E-state index in [1.807, 2.05) is 0 Å². The summed E-state index contributed by atoms with van der Waals surface area (Å²) in [6, 6.07) is 4.92. The van der Waals surface area contributed by atoms with Crippen LogP contribution in [0.3, 0.4) is 0 Å². The Bertz CT molecular complexity index is 554. The average Bonchev–Trinajstić information content (AvgIpc) is 2.52. The van der Waals surface area contributed by atoms with Gasteiger partial charge in [0.05, 0.1) is 6.04 Å². The molecule has 1 unspecified atom stereocenters. The number of nitrogens with two attached hydrogens (primary N) is 1. The maximum Gasteiger partial charge on any atom is 0.346 e. The van der Waals surface area contributed by atoms with E-state index in [4.69, 9.17) is 5.73 Å². The van der Waals surface area contributed by atoms with Crippen LogP contribution in [0.1, 0.15) is 17.2 Å². The number of benzene rings is 1. The highest BCUT2D eigenvalue weighted by atomic mass is 31.2. The van der Waals surface area contributed by atoms with Gasteiger partial charge in [-0.15, -0.1) is 0 Å². The Balaban J connectivity index is 2.70. The molecule has 7 nitrogen and oxygen atoms in total. The highest BCUT2D eigenvalue weighted by molar-refractivity contribution is 7.72. The number of hydrogen-bond donors (Lipinski definition) is 5. The second kappa shape index (κ2) is 3.99. The topological polar surface area (TPSA) is 141 Å². The van der Waals surface area contributed by atoms with Gasteiger partial charge in [0, 0.05) is 6.42 Å². The number of rotatable bonds is 2. The minimum absolute atomic E-state index is 0.365. The van der Waals surface area contributed by atoms with Crippen molar-refractivity contribution in [3.05, 3.63) is 35.4 Å². The molecule has 1 aliphatic rings. The molecule has 0 spiro atoms. The van der Waals surface area contributed by atoms with Gasteiger partial charge >= 0.3 is 15.2 Å². The lowest BCUT2D eigenvalue weighted by Gasteiger charge is -2.34. The molecule has 0 saturated carbocycles. The van der Waals surface area contributed by atoms with Crippen molar-refractivity contribution in [1.82, 2.24) is 0 Å². The Morgan fingerprint density at radius 1 is 1.11 bits per heavy atom. The average molecular weight is 293 g/mol. The summed E-state index contributed by atoms with van der Waals surface area (Å²) in [4.78, 5) is 35.0. The van der Waals surface area contributed by atoms with Gasteiger partial charge in [0.1, 0.15) is 0 Å². The fraction of sp³-hybridized carbons (Fsp3) is 0.333. The molecule has 9 heteroatoms. The maximum atomic E-state index is 11.6. The molecule has 6 N–H and O–H groups in total. The van der Waals surface area contributed by atoms with Crippen molar-refractivity contribution in [2.45, 2.75) is 17.4 Å². The highest BCUT2D eigenvalue weighted by Crippen LogP contribution is 2.76. The van der Waals surface area contributed by atoms with E-state index >= 15 is 0 Å². The van der Waals surface area contributed by atoms with Crippen LogP contribution in [0.25, 0.3) is 0 Å². The van der Waals surface area contributed by atoms with Crippen LogP contribution in [0.5, 0.6) is 0 Å². The van der Waals surface area contributed by atoms with Crippen LogP contribution in [0.2, 0.25) is 0 Å². The van der Waals surface area contributed by atoms with Crippen LogP contribution in [-0.4, -0.2) is 24.5 Å². The molecule has 1 aromatic carbocycles. The quantitative estimate of drug-likeness (QED) is 0.493. The van der Waals surface area contributed by atoms with Gasteiger partial charge in [-0.2, -0.15) is 0 Å². The lowest BCUT2D eigenvalue weighted by molar-refractivity contribution is 0.297. The molecule has 0 heterocycles. The van der Waals surface area contributed by atoms with Crippen LogP contribution in [-0.2, 0) is 15.6 Å². The summed E-state index contributed by atoms with van der Waals surface area (Å²) in [5.74, 6) is 0. The Kier molecular flexibility index (Phi) is 3.08. The Morgan fingerprint density at radius 3 is 2.06 bits per heavy atom. The lowest BCUT2D eigenvalue weighted by Crippen LogP contribution is -2.38. The van der Waals surface area contributed by atoms with Crippen molar-refractivity contribution < 1.29 is 28.7 Å². The maximum absolute atomic E-state index is 11.6. The lowest BCUT2D eigenvalue weighted by atomic mass is 10.1. The molecule has 18 heavy (non-hydrogen) atoms. The fourth-order valence-electron chi connectivity index (χ4n) is 2.38. The summed E-state index contributed by atoms with van der Waals surface area (Å²) in [5, 5.41) is 0. The van der Waals surface area contributed by atoms with E-state index < -0.39 is 32.6 Å². The first-order chi connectivity index (χ1) is 8.11. The third-order valence-corrected chi connectivity index (χ3v) is 7.80. The van der Waals surface area contributed by atoms with E-state index in [0.717, 1.165) is 0 Å². The molecule has 0 saturated heterocycles. The zero-order chi connectivity index (χ0) is 13.8. The third-order valence-electron chi connectivity index (χ3n) is 3.35. The number of fused-ring (bicyclic) bond motifs is 1. The molecule has 0 aromatic heterocycles. The number of hydrogen-bond acceptors (Lipinski definition) is 3. The second-order valence-electron chi connectivity index (χ2n) is 4.32. The molecule has 0 fully saturated rings. The van der Waals surface area contributed by atoms with Crippen molar-refractivity contribution in [3.63, 3.8) is 0 Å². The molecular formula is C9H13NO6P2. The summed E-state index contributed by atoms with van der Waals surface area (Å²) in [6.45, 7) is 0. The van der Waals surface area contributed by atoms with Gasteiger partial charge in [-0.1, -0.05) is 24.3 Å². The molecule has 1 aromatic rings. The standard InChI is InChI=1S/C9H13NO6P2/c10-8-7-4-2-1-3-6(7)5-9(8,17(11,12)13)18(14,15)16/h1-4,8H,5,10H2,(H2,11,12,13)(H2,14,15,16). The minimum Gasteiger partial charge on any atom is -0.324 e. The highest BCUT2D eigenvalue weighted by Gasteiger charge is 2.67. The van der Waals surface area contributed by atoms with E-state index in [2.05, 4.69) is 0 Å². The zero-order valence-corrected chi connectivity index (χ0v) is 11.0. The van der Waals surface area contributed by atoms with E-state index in [9.17, 15) is 28.7 Å². The molecule has 100 valence electrons. The summed E-state index contributed by atoms with van der Waals surface area (Å²) in [7, 11) is -10.2. The first-order valence-electron chi connectivity index (χ1n) is 5.06. The summed E-state index contributed by atoms with van der Waals surface area (Å²) >= 11 is 0. The zero-order valence-electron chi connectivity index (χ0n) is 9.17. The van der Waals surface area contributed by atoms with Crippen LogP contribution >= 0.6 is 15.2 Å². The van der Waals surface area contributed by atoms with Gasteiger partial charge in [-0.3, -0.25) is 9.13 Å². The summed E-state index contributed by atoms with van der Waals surface area (Å²) < 4.78 is 23.2. The Labute approximate surface area is 103 Å². The van der Waals surface area contributed by atoms with Crippen molar-refractivity contribution in [1.29, 1.82) is 0 Å². The first kappa shape index (κ1) is 13.9. The van der Waals surface area contributed by atoms with Gasteiger partial charge in [-0.05, 0) is 11.1 Å². The molecule has 1 aliphatic carbocycles. The molecule has 0 radical (unpaired) electrons. The summed E-state index contributed by atoms with van der Waals surface area (Å²) in [5.41, 5.74) is 6.53. The second-order valence-corrected chi connectivity index (χ2v) is 8.44. The van der Waals surface area contributed by atoms with Crippen LogP contribution in [0.15, 0.2) is 24.3 Å². The predicted octanol–water partition coefficient (Wildman–Crippen LogP) is 0.294. The third kappa shape index (κ3) is 1.72. The Morgan fingerprint density at radius 2 is 1.61 bits per heavy atom. The van der Waals surface area contributed by atoms with E-state index in [-0.39, 0.29) is 0 Å². The van der Waals surface area contributed by atoms with E-state index in [0.29, 0.717) is 11.1 Å². The smallest absolute Gasteiger partial charge is 0.324 e. The molecule has 1 atom stereocenters. The van der Waals surface area contributed by atoms with Gasteiger partial charge in [-0.25, -0.2) is 0 Å². The van der Waals surface area contributed by atoms with Crippen molar-refractivity contribution in [2.24, 2.45) is 5.73 Å². The molecule has 0 bridgehead atoms. The van der Waals surface area contributed by atoms with Crippen LogP contribution in [0.4, 0.5) is 0 Å². The van der Waals surface area contributed by atoms with E-state index in [1.165, 1.54) is 6.07 Å². The predicted molar refractivity (Wildman–Crippen MR) is 63.9 cm³/mol. The van der Waals surface area contributed by atoms with Gasteiger partial charge < -0.3 is 25.3 Å². The van der Waals surface area contributed by atoms with Gasteiger partial charge in [0.2, 0.25) is 0 Å².